The molecule has 6 nitrogen and oxygen atoms in total. The number of carboxylic acid groups (broad SMARTS) is 1. The number of nitrogens with one attached hydrogen (secondary N) is 1. The summed E-state index contributed by atoms with van der Waals surface area (Å²) in [5, 5.41) is 11.9. The van der Waals surface area contributed by atoms with Gasteiger partial charge in [0.1, 0.15) is 11.4 Å². The lowest BCUT2D eigenvalue weighted by Gasteiger charge is -2.17. The second kappa shape index (κ2) is 5.16. The van der Waals surface area contributed by atoms with E-state index in [1.165, 1.54) is 0 Å². The molecular weight excluding hydrogens is 278 g/mol. The molecule has 2 atom stereocenters. The molecule has 1 saturated carbocycles. The molecule has 0 saturated heterocycles. The van der Waals surface area contributed by atoms with Gasteiger partial charge in [-0.3, -0.25) is 9.59 Å². The molecule has 0 bridgehead atoms. The number of carbonyl (C=O) groups excluding carboxylic acids is 1. The van der Waals surface area contributed by atoms with Crippen LogP contribution in [0.3, 0.4) is 0 Å². The zero-order valence-corrected chi connectivity index (χ0v) is 11.4. The van der Waals surface area contributed by atoms with Gasteiger partial charge in [0, 0.05) is 11.6 Å². The first-order chi connectivity index (χ1) is 9.65. The lowest BCUT2D eigenvalue weighted by molar-refractivity contribution is -0.142. The van der Waals surface area contributed by atoms with Gasteiger partial charge in [-0.05, 0) is 31.0 Å². The van der Waals surface area contributed by atoms with Crippen molar-refractivity contribution in [3.8, 4) is 0 Å². The molecule has 1 fully saturated rings. The molecule has 1 amide bonds. The topological polar surface area (TPSA) is 91.1 Å². The number of hydrogen-bond acceptors (Lipinski definition) is 4. The molecule has 1 aromatic rings. The minimum absolute atomic E-state index is 0.252. The third-order valence-electron chi connectivity index (χ3n) is 3.67. The quantitative estimate of drug-likeness (QED) is 0.909. The Balaban J connectivity index is 1.73. The monoisotopic (exact) mass is 291 g/mol. The highest BCUT2D eigenvalue weighted by atomic mass is 32.1. The number of carbonyl (C=O) groups is 2. The molecule has 1 aromatic carbocycles. The van der Waals surface area contributed by atoms with Gasteiger partial charge in [-0.25, -0.2) is 0 Å². The second-order valence-corrected chi connectivity index (χ2v) is 5.45. The Labute approximate surface area is 119 Å². The number of benzene rings is 1. The van der Waals surface area contributed by atoms with E-state index < -0.39 is 11.9 Å². The lowest BCUT2D eigenvalue weighted by atomic mass is 10.0. The predicted octanol–water partition coefficient (Wildman–Crippen LogP) is 2.40. The van der Waals surface area contributed by atoms with E-state index in [4.69, 9.17) is 5.11 Å². The number of carboxylic acids is 1. The van der Waals surface area contributed by atoms with Crippen LogP contribution in [0.5, 0.6) is 0 Å². The smallest absolute Gasteiger partial charge is 0.308 e. The van der Waals surface area contributed by atoms with Crippen LogP contribution in [0.25, 0.3) is 0 Å². The van der Waals surface area contributed by atoms with Crippen molar-refractivity contribution >= 4 is 34.6 Å². The normalized spacial score (nSPS) is 23.2. The van der Waals surface area contributed by atoms with E-state index in [9.17, 15) is 9.59 Å². The summed E-state index contributed by atoms with van der Waals surface area (Å²) in [5.74, 6) is -1.58. The standard InChI is InChI=1S/C13H13N3O3S/c17-12(14-9-3-1-2-8(9)13(18)19)7-4-5-10-11(6-7)16-20-15-10/h4-6,8-9H,1-3H2,(H,14,17)(H,18,19)/t8-,9+/m1/s1. The molecule has 104 valence electrons. The van der Waals surface area contributed by atoms with Crippen LogP contribution in [-0.2, 0) is 16.1 Å². The molecule has 0 spiro atoms. The molecule has 0 aromatic heterocycles. The molecule has 2 aliphatic rings. The van der Waals surface area contributed by atoms with Crippen molar-refractivity contribution in [2.75, 3.05) is 0 Å². The number of amides is 1. The van der Waals surface area contributed by atoms with Gasteiger partial charge in [-0.1, -0.05) is 6.42 Å². The van der Waals surface area contributed by atoms with Gasteiger partial charge < -0.3 is 10.4 Å². The van der Waals surface area contributed by atoms with Crippen molar-refractivity contribution in [2.45, 2.75) is 25.3 Å². The van der Waals surface area contributed by atoms with E-state index in [1.807, 2.05) is 0 Å². The Morgan fingerprint density at radius 2 is 2.05 bits per heavy atom. The van der Waals surface area contributed by atoms with Gasteiger partial charge in [0.25, 0.3) is 5.91 Å². The van der Waals surface area contributed by atoms with E-state index >= 15 is 0 Å². The zero-order chi connectivity index (χ0) is 14.1. The van der Waals surface area contributed by atoms with Crippen molar-refractivity contribution in [1.82, 2.24) is 5.32 Å². The van der Waals surface area contributed by atoms with Crippen molar-refractivity contribution in [3.05, 3.63) is 23.8 Å². The van der Waals surface area contributed by atoms with Gasteiger partial charge in [-0.2, -0.15) is 8.73 Å². The SMILES string of the molecule is O=C(N[C@H]1CCC[C@H]1C(=O)O)c1ccc2c(c1)N=S=N2. The van der Waals surface area contributed by atoms with Crippen molar-refractivity contribution in [2.24, 2.45) is 14.6 Å². The summed E-state index contributed by atoms with van der Waals surface area (Å²) in [6.07, 6.45) is 2.16. The highest BCUT2D eigenvalue weighted by Crippen LogP contribution is 2.32. The summed E-state index contributed by atoms with van der Waals surface area (Å²) in [6, 6.07) is 4.82. The minimum Gasteiger partial charge on any atom is -0.481 e. The van der Waals surface area contributed by atoms with Crippen LogP contribution in [0.2, 0.25) is 0 Å². The van der Waals surface area contributed by atoms with Gasteiger partial charge in [0.05, 0.1) is 17.3 Å². The minimum atomic E-state index is -0.841. The fourth-order valence-electron chi connectivity index (χ4n) is 2.60. The molecule has 1 aliphatic carbocycles. The maximum Gasteiger partial charge on any atom is 0.308 e. The van der Waals surface area contributed by atoms with Crippen LogP contribution in [0.15, 0.2) is 26.9 Å². The van der Waals surface area contributed by atoms with Crippen molar-refractivity contribution in [3.63, 3.8) is 0 Å². The van der Waals surface area contributed by atoms with Crippen LogP contribution < -0.4 is 5.32 Å². The van der Waals surface area contributed by atoms with Crippen LogP contribution in [0.1, 0.15) is 29.6 Å². The number of nitrogens with zero attached hydrogens (tertiary/aromatic N) is 2. The average molecular weight is 291 g/mol. The summed E-state index contributed by atoms with van der Waals surface area (Å²) in [6.45, 7) is 0. The molecule has 3 rings (SSSR count). The predicted molar refractivity (Wildman–Crippen MR) is 74.2 cm³/mol. The van der Waals surface area contributed by atoms with E-state index in [-0.39, 0.29) is 11.9 Å². The molecule has 0 radical (unpaired) electrons. The summed E-state index contributed by atoms with van der Waals surface area (Å²) in [4.78, 5) is 23.3. The highest BCUT2D eigenvalue weighted by Gasteiger charge is 2.34. The molecule has 0 unspecified atom stereocenters. The van der Waals surface area contributed by atoms with Gasteiger partial charge in [-0.15, -0.1) is 0 Å². The Kier molecular flexibility index (Phi) is 3.35. The Morgan fingerprint density at radius 1 is 1.25 bits per heavy atom. The highest BCUT2D eigenvalue weighted by molar-refractivity contribution is 7.58. The van der Waals surface area contributed by atoms with Gasteiger partial charge in [0.2, 0.25) is 0 Å². The largest absolute Gasteiger partial charge is 0.481 e. The zero-order valence-electron chi connectivity index (χ0n) is 10.6. The second-order valence-electron chi connectivity index (χ2n) is 4.92. The fraction of sp³-hybridized carbons (Fsp3) is 0.385. The van der Waals surface area contributed by atoms with Crippen LogP contribution in [0.4, 0.5) is 11.4 Å². The molecule has 1 heterocycles. The molecule has 1 aliphatic heterocycles. The van der Waals surface area contributed by atoms with E-state index in [0.717, 1.165) is 23.5 Å². The molecule has 7 heteroatoms. The summed E-state index contributed by atoms with van der Waals surface area (Å²) in [5.41, 5.74) is 1.93. The maximum atomic E-state index is 12.2. The van der Waals surface area contributed by atoms with Crippen LogP contribution in [-0.4, -0.2) is 23.0 Å². The summed E-state index contributed by atoms with van der Waals surface area (Å²) in [7, 11) is 0. The van der Waals surface area contributed by atoms with Gasteiger partial charge >= 0.3 is 5.97 Å². The third kappa shape index (κ3) is 2.36. The molecular formula is C13H13N3O3S. The molecule has 20 heavy (non-hydrogen) atoms. The third-order valence-corrected chi connectivity index (χ3v) is 4.22. The van der Waals surface area contributed by atoms with Crippen molar-refractivity contribution < 1.29 is 14.7 Å². The number of rotatable bonds is 3. The maximum absolute atomic E-state index is 12.2. The summed E-state index contributed by atoms with van der Waals surface area (Å²) >= 11 is 1.10. The number of hydrogen-bond donors (Lipinski definition) is 2. The Morgan fingerprint density at radius 3 is 2.85 bits per heavy atom. The van der Waals surface area contributed by atoms with Crippen LogP contribution in [0, 0.1) is 5.92 Å². The molecule has 2 N–H and O–H groups in total. The van der Waals surface area contributed by atoms with Crippen LogP contribution >= 0.6 is 0 Å². The fourth-order valence-corrected chi connectivity index (χ4v) is 3.12. The Bertz CT molecular complexity index is 652. The Hall–Kier alpha value is -2.02. The van der Waals surface area contributed by atoms with E-state index in [1.54, 1.807) is 18.2 Å². The number of aliphatic carboxylic acids is 1. The van der Waals surface area contributed by atoms with E-state index in [2.05, 4.69) is 14.0 Å². The van der Waals surface area contributed by atoms with E-state index in [0.29, 0.717) is 24.1 Å². The van der Waals surface area contributed by atoms with Crippen molar-refractivity contribution in [1.29, 1.82) is 0 Å². The summed E-state index contributed by atoms with van der Waals surface area (Å²) < 4.78 is 8.17. The average Bonchev–Trinajstić information content (AvgIpc) is 3.05. The first kappa shape index (κ1) is 13.0. The first-order valence-electron chi connectivity index (χ1n) is 6.41. The lowest BCUT2D eigenvalue weighted by Crippen LogP contribution is -2.40. The first-order valence-corrected chi connectivity index (χ1v) is 7.14. The van der Waals surface area contributed by atoms with Gasteiger partial charge in [0.15, 0.2) is 0 Å². The number of fused-ring (bicyclic) bond motifs is 1.